The van der Waals surface area contributed by atoms with E-state index in [0.717, 1.165) is 12.0 Å². The number of likely N-dealkylation sites (tertiary alicyclic amines) is 1. The third kappa shape index (κ3) is 2.01. The summed E-state index contributed by atoms with van der Waals surface area (Å²) in [6.07, 6.45) is 1.46. The van der Waals surface area contributed by atoms with Crippen LogP contribution in [-0.4, -0.2) is 17.4 Å². The molecule has 0 spiro atoms. The van der Waals surface area contributed by atoms with E-state index in [1.165, 1.54) is 5.56 Å². The number of amides is 1. The summed E-state index contributed by atoms with van der Waals surface area (Å²) >= 11 is 0. The molecule has 0 N–H and O–H groups in total. The van der Waals surface area contributed by atoms with Crippen LogP contribution >= 0.6 is 0 Å². The van der Waals surface area contributed by atoms with Crippen molar-refractivity contribution in [2.45, 2.75) is 25.8 Å². The van der Waals surface area contributed by atoms with Crippen LogP contribution in [0, 0.1) is 0 Å². The second-order valence-electron chi connectivity index (χ2n) is 4.28. The molecule has 1 aliphatic heterocycles. The standard InChI is InChI=1S/C14H17NO/c1-3-13(12-7-5-4-6-8-12)15-10-11(2)9-14(15)16/h4-8,13H,2-3,9-10H2,1H3/t13-/m0/s1. The number of benzene rings is 1. The maximum atomic E-state index is 11.8. The SMILES string of the molecule is C=C1CC(=O)N([C@@H](CC)c2ccccc2)C1. The summed E-state index contributed by atoms with van der Waals surface area (Å²) in [4.78, 5) is 13.8. The molecule has 1 aliphatic rings. The minimum absolute atomic E-state index is 0.202. The number of nitrogens with zero attached hydrogens (tertiary/aromatic N) is 1. The molecule has 1 aromatic rings. The highest BCUT2D eigenvalue weighted by molar-refractivity contribution is 5.82. The van der Waals surface area contributed by atoms with Crippen molar-refractivity contribution in [1.82, 2.24) is 4.90 Å². The van der Waals surface area contributed by atoms with Gasteiger partial charge >= 0.3 is 0 Å². The van der Waals surface area contributed by atoms with E-state index in [4.69, 9.17) is 0 Å². The summed E-state index contributed by atoms with van der Waals surface area (Å²) in [5.41, 5.74) is 2.24. The Balaban J connectivity index is 2.24. The van der Waals surface area contributed by atoms with Crippen molar-refractivity contribution in [3.63, 3.8) is 0 Å². The topological polar surface area (TPSA) is 20.3 Å². The number of carbonyl (C=O) groups excluding carboxylic acids is 1. The highest BCUT2D eigenvalue weighted by Gasteiger charge is 2.29. The molecule has 84 valence electrons. The van der Waals surface area contributed by atoms with Crippen LogP contribution in [0.25, 0.3) is 0 Å². The number of hydrogen-bond donors (Lipinski definition) is 0. The zero-order chi connectivity index (χ0) is 11.5. The van der Waals surface area contributed by atoms with Crippen molar-refractivity contribution < 1.29 is 4.79 Å². The van der Waals surface area contributed by atoms with Crippen LogP contribution in [0.4, 0.5) is 0 Å². The van der Waals surface area contributed by atoms with Gasteiger partial charge in [0, 0.05) is 13.0 Å². The lowest BCUT2D eigenvalue weighted by Gasteiger charge is -2.27. The van der Waals surface area contributed by atoms with Crippen molar-refractivity contribution in [1.29, 1.82) is 0 Å². The van der Waals surface area contributed by atoms with Gasteiger partial charge in [0.25, 0.3) is 0 Å². The summed E-state index contributed by atoms with van der Waals surface area (Å²) in [6.45, 7) is 6.73. The molecular weight excluding hydrogens is 198 g/mol. The Morgan fingerprint density at radius 1 is 1.38 bits per heavy atom. The van der Waals surface area contributed by atoms with E-state index in [1.807, 2.05) is 23.1 Å². The molecule has 1 amide bonds. The van der Waals surface area contributed by atoms with Crippen molar-refractivity contribution in [3.8, 4) is 0 Å². The summed E-state index contributed by atoms with van der Waals surface area (Å²) in [5, 5.41) is 0. The third-order valence-electron chi connectivity index (χ3n) is 3.06. The lowest BCUT2D eigenvalue weighted by Crippen LogP contribution is -2.29. The first kappa shape index (κ1) is 10.9. The molecule has 1 aromatic carbocycles. The molecule has 0 aromatic heterocycles. The fourth-order valence-electron chi connectivity index (χ4n) is 2.30. The number of rotatable bonds is 3. The van der Waals surface area contributed by atoms with Gasteiger partial charge in [-0.1, -0.05) is 43.8 Å². The normalized spacial score (nSPS) is 17.9. The summed E-state index contributed by atoms with van der Waals surface area (Å²) in [7, 11) is 0. The zero-order valence-corrected chi connectivity index (χ0v) is 9.65. The lowest BCUT2D eigenvalue weighted by atomic mass is 10.0. The van der Waals surface area contributed by atoms with Crippen LogP contribution in [0.5, 0.6) is 0 Å². The molecule has 1 saturated heterocycles. The Kier molecular flexibility index (Phi) is 3.09. The Morgan fingerprint density at radius 3 is 2.56 bits per heavy atom. The molecule has 2 nitrogen and oxygen atoms in total. The average Bonchev–Trinajstić information content (AvgIpc) is 2.61. The lowest BCUT2D eigenvalue weighted by molar-refractivity contribution is -0.129. The van der Waals surface area contributed by atoms with Gasteiger partial charge in [0.2, 0.25) is 5.91 Å². The quantitative estimate of drug-likeness (QED) is 0.710. The van der Waals surface area contributed by atoms with Gasteiger partial charge in [-0.3, -0.25) is 4.79 Å². The van der Waals surface area contributed by atoms with E-state index in [-0.39, 0.29) is 11.9 Å². The van der Waals surface area contributed by atoms with Crippen LogP contribution in [0.15, 0.2) is 42.5 Å². The molecular formula is C14H17NO. The summed E-state index contributed by atoms with van der Waals surface area (Å²) in [5.74, 6) is 0.209. The Morgan fingerprint density at radius 2 is 2.06 bits per heavy atom. The predicted octanol–water partition coefficient (Wildman–Crippen LogP) is 2.93. The zero-order valence-electron chi connectivity index (χ0n) is 9.65. The third-order valence-corrected chi connectivity index (χ3v) is 3.06. The maximum absolute atomic E-state index is 11.8. The predicted molar refractivity (Wildman–Crippen MR) is 64.9 cm³/mol. The molecule has 1 heterocycles. The van der Waals surface area contributed by atoms with Gasteiger partial charge in [-0.05, 0) is 17.6 Å². The second-order valence-corrected chi connectivity index (χ2v) is 4.28. The monoisotopic (exact) mass is 215 g/mol. The Bertz CT molecular complexity index is 396. The molecule has 2 rings (SSSR count). The highest BCUT2D eigenvalue weighted by Crippen LogP contribution is 2.29. The van der Waals surface area contributed by atoms with E-state index in [2.05, 4.69) is 25.6 Å². The van der Waals surface area contributed by atoms with E-state index < -0.39 is 0 Å². The Labute approximate surface area is 96.6 Å². The van der Waals surface area contributed by atoms with Crippen molar-refractivity contribution in [2.24, 2.45) is 0 Å². The number of carbonyl (C=O) groups is 1. The van der Waals surface area contributed by atoms with E-state index in [0.29, 0.717) is 13.0 Å². The minimum Gasteiger partial charge on any atom is -0.331 e. The first-order valence-corrected chi connectivity index (χ1v) is 5.73. The van der Waals surface area contributed by atoms with E-state index in [9.17, 15) is 4.79 Å². The summed E-state index contributed by atoms with van der Waals surface area (Å²) < 4.78 is 0. The van der Waals surface area contributed by atoms with Gasteiger partial charge < -0.3 is 4.90 Å². The van der Waals surface area contributed by atoms with Crippen LogP contribution in [-0.2, 0) is 4.79 Å². The largest absolute Gasteiger partial charge is 0.331 e. The molecule has 1 atom stereocenters. The van der Waals surface area contributed by atoms with Crippen LogP contribution in [0.3, 0.4) is 0 Å². The molecule has 0 saturated carbocycles. The van der Waals surface area contributed by atoms with Crippen LogP contribution in [0.2, 0.25) is 0 Å². The fraction of sp³-hybridized carbons (Fsp3) is 0.357. The molecule has 0 bridgehead atoms. The van der Waals surface area contributed by atoms with Crippen molar-refractivity contribution >= 4 is 5.91 Å². The first-order chi connectivity index (χ1) is 7.72. The van der Waals surface area contributed by atoms with Crippen LogP contribution in [0.1, 0.15) is 31.4 Å². The summed E-state index contributed by atoms with van der Waals surface area (Å²) in [6, 6.07) is 10.4. The molecule has 0 unspecified atom stereocenters. The minimum atomic E-state index is 0.202. The van der Waals surface area contributed by atoms with Gasteiger partial charge in [-0.2, -0.15) is 0 Å². The molecule has 0 aliphatic carbocycles. The fourth-order valence-corrected chi connectivity index (χ4v) is 2.30. The highest BCUT2D eigenvalue weighted by atomic mass is 16.2. The Hall–Kier alpha value is -1.57. The van der Waals surface area contributed by atoms with Gasteiger partial charge in [-0.25, -0.2) is 0 Å². The van der Waals surface area contributed by atoms with Gasteiger partial charge in [0.1, 0.15) is 0 Å². The number of hydrogen-bond acceptors (Lipinski definition) is 1. The van der Waals surface area contributed by atoms with Crippen molar-refractivity contribution in [2.75, 3.05) is 6.54 Å². The van der Waals surface area contributed by atoms with Crippen LogP contribution < -0.4 is 0 Å². The molecule has 0 radical (unpaired) electrons. The molecule has 16 heavy (non-hydrogen) atoms. The van der Waals surface area contributed by atoms with Gasteiger partial charge in [0.15, 0.2) is 0 Å². The second kappa shape index (κ2) is 4.52. The van der Waals surface area contributed by atoms with Gasteiger partial charge in [0.05, 0.1) is 6.04 Å². The smallest absolute Gasteiger partial charge is 0.227 e. The molecule has 2 heteroatoms. The van der Waals surface area contributed by atoms with E-state index >= 15 is 0 Å². The maximum Gasteiger partial charge on any atom is 0.227 e. The first-order valence-electron chi connectivity index (χ1n) is 5.73. The van der Waals surface area contributed by atoms with E-state index in [1.54, 1.807) is 0 Å². The van der Waals surface area contributed by atoms with Gasteiger partial charge in [-0.15, -0.1) is 0 Å². The van der Waals surface area contributed by atoms with Crippen molar-refractivity contribution in [3.05, 3.63) is 48.0 Å². The average molecular weight is 215 g/mol. The molecule has 1 fully saturated rings.